The summed E-state index contributed by atoms with van der Waals surface area (Å²) in [5, 5.41) is 0. The first kappa shape index (κ1) is 18.7. The number of benzene rings is 2. The molecule has 5 heteroatoms. The lowest BCUT2D eigenvalue weighted by atomic mass is 9.98. The number of hydrogen-bond acceptors (Lipinski definition) is 4. The molecule has 0 spiro atoms. The zero-order chi connectivity index (χ0) is 19.5. The van der Waals surface area contributed by atoms with Crippen molar-refractivity contribution in [1.82, 2.24) is 4.90 Å². The van der Waals surface area contributed by atoms with Crippen molar-refractivity contribution in [3.05, 3.63) is 59.7 Å². The summed E-state index contributed by atoms with van der Waals surface area (Å²) >= 11 is 0. The van der Waals surface area contributed by atoms with Crippen molar-refractivity contribution in [2.75, 3.05) is 19.8 Å². The second-order valence-corrected chi connectivity index (χ2v) is 7.39. The molecular formula is C23H25NO4. The highest BCUT2D eigenvalue weighted by molar-refractivity contribution is 5.79. The lowest BCUT2D eigenvalue weighted by Gasteiger charge is -2.22. The fourth-order valence-electron chi connectivity index (χ4n) is 4.25. The molecule has 1 heterocycles. The van der Waals surface area contributed by atoms with Crippen LogP contribution in [-0.2, 0) is 14.3 Å². The van der Waals surface area contributed by atoms with Crippen molar-refractivity contribution in [3.8, 4) is 11.1 Å². The number of aldehydes is 1. The summed E-state index contributed by atoms with van der Waals surface area (Å²) < 4.78 is 11.4. The normalized spacial score (nSPS) is 20.7. The van der Waals surface area contributed by atoms with Crippen molar-refractivity contribution in [1.29, 1.82) is 0 Å². The van der Waals surface area contributed by atoms with Gasteiger partial charge in [-0.3, -0.25) is 4.90 Å². The molecule has 1 aliphatic carbocycles. The van der Waals surface area contributed by atoms with E-state index in [2.05, 4.69) is 24.3 Å². The molecule has 2 aliphatic rings. The van der Waals surface area contributed by atoms with Crippen LogP contribution in [0.5, 0.6) is 0 Å². The average molecular weight is 379 g/mol. The molecular weight excluding hydrogens is 354 g/mol. The van der Waals surface area contributed by atoms with Gasteiger partial charge in [-0.2, -0.15) is 0 Å². The summed E-state index contributed by atoms with van der Waals surface area (Å²) in [5.74, 6) is 0.0146. The number of nitrogens with zero attached hydrogens (tertiary/aromatic N) is 1. The minimum Gasteiger partial charge on any atom is -0.448 e. The number of carbonyl (C=O) groups excluding carboxylic acids is 2. The van der Waals surface area contributed by atoms with E-state index in [-0.39, 0.29) is 18.6 Å². The van der Waals surface area contributed by atoms with Crippen LogP contribution in [0.25, 0.3) is 11.1 Å². The lowest BCUT2D eigenvalue weighted by Crippen LogP contribution is -2.38. The van der Waals surface area contributed by atoms with Gasteiger partial charge in [-0.1, -0.05) is 55.5 Å². The second-order valence-electron chi connectivity index (χ2n) is 7.39. The highest BCUT2D eigenvalue weighted by atomic mass is 16.6. The summed E-state index contributed by atoms with van der Waals surface area (Å²) in [6.45, 7) is 3.33. The largest absolute Gasteiger partial charge is 0.448 e. The zero-order valence-electron chi connectivity index (χ0n) is 16.0. The predicted octanol–water partition coefficient (Wildman–Crippen LogP) is 4.00. The maximum absolute atomic E-state index is 12.7. The number of hydrogen-bond donors (Lipinski definition) is 0. The van der Waals surface area contributed by atoms with E-state index in [4.69, 9.17) is 9.47 Å². The summed E-state index contributed by atoms with van der Waals surface area (Å²) in [4.78, 5) is 25.6. The molecule has 1 amide bonds. The van der Waals surface area contributed by atoms with Gasteiger partial charge >= 0.3 is 6.09 Å². The van der Waals surface area contributed by atoms with Crippen LogP contribution in [0.4, 0.5) is 4.79 Å². The number of rotatable bonds is 6. The van der Waals surface area contributed by atoms with E-state index in [1.54, 1.807) is 0 Å². The van der Waals surface area contributed by atoms with E-state index in [0.717, 1.165) is 12.7 Å². The van der Waals surface area contributed by atoms with Crippen LogP contribution in [0.3, 0.4) is 0 Å². The first-order valence-electron chi connectivity index (χ1n) is 9.91. The third-order valence-corrected chi connectivity index (χ3v) is 5.59. The molecule has 1 fully saturated rings. The molecule has 28 heavy (non-hydrogen) atoms. The quantitative estimate of drug-likeness (QED) is 0.712. The Morgan fingerprint density at radius 2 is 1.75 bits per heavy atom. The Balaban J connectivity index is 1.46. The number of likely N-dealkylation sites (tertiary alicyclic amines) is 1. The van der Waals surface area contributed by atoms with Gasteiger partial charge in [0.15, 0.2) is 0 Å². The highest BCUT2D eigenvalue weighted by Gasteiger charge is 2.37. The molecule has 146 valence electrons. The fraction of sp³-hybridized carbons (Fsp3) is 0.391. The fourth-order valence-corrected chi connectivity index (χ4v) is 4.25. The van der Waals surface area contributed by atoms with Crippen LogP contribution in [0, 0.1) is 0 Å². The molecule has 0 radical (unpaired) electrons. The van der Waals surface area contributed by atoms with Crippen molar-refractivity contribution >= 4 is 12.4 Å². The van der Waals surface area contributed by atoms with Crippen LogP contribution in [0.1, 0.15) is 36.8 Å². The lowest BCUT2D eigenvalue weighted by molar-refractivity contribution is -0.111. The van der Waals surface area contributed by atoms with E-state index in [1.807, 2.05) is 31.2 Å². The van der Waals surface area contributed by atoms with Gasteiger partial charge in [-0.05, 0) is 28.7 Å². The van der Waals surface area contributed by atoms with Crippen LogP contribution < -0.4 is 0 Å². The SMILES string of the molecule is CCCO[C@@H]1C[C@@H](C=O)N(C(=O)OCC2c3ccccc3-c3ccccc32)C1. The predicted molar refractivity (Wildman–Crippen MR) is 106 cm³/mol. The maximum atomic E-state index is 12.7. The number of carbonyl (C=O) groups is 2. The number of amides is 1. The molecule has 0 saturated carbocycles. The smallest absolute Gasteiger partial charge is 0.410 e. The minimum absolute atomic E-state index is 0.0146. The Bertz CT molecular complexity index is 820. The van der Waals surface area contributed by atoms with Crippen LogP contribution >= 0.6 is 0 Å². The first-order chi connectivity index (χ1) is 13.7. The molecule has 2 atom stereocenters. The molecule has 2 aromatic carbocycles. The molecule has 0 unspecified atom stereocenters. The molecule has 2 aromatic rings. The molecule has 0 aromatic heterocycles. The van der Waals surface area contributed by atoms with Crippen molar-refractivity contribution < 1.29 is 19.1 Å². The number of fused-ring (bicyclic) bond motifs is 3. The van der Waals surface area contributed by atoms with Crippen LogP contribution in [0.15, 0.2) is 48.5 Å². The minimum atomic E-state index is -0.475. The summed E-state index contributed by atoms with van der Waals surface area (Å²) in [7, 11) is 0. The Hall–Kier alpha value is -2.66. The van der Waals surface area contributed by atoms with Gasteiger partial charge in [-0.15, -0.1) is 0 Å². The third kappa shape index (κ3) is 3.42. The molecule has 1 saturated heterocycles. The summed E-state index contributed by atoms with van der Waals surface area (Å²) in [6, 6.07) is 16.0. The third-order valence-electron chi connectivity index (χ3n) is 5.59. The van der Waals surface area contributed by atoms with Crippen molar-refractivity contribution in [2.45, 2.75) is 37.8 Å². The molecule has 0 N–H and O–H groups in total. The van der Waals surface area contributed by atoms with Crippen LogP contribution in [-0.4, -0.2) is 49.2 Å². The Morgan fingerprint density at radius 3 is 2.36 bits per heavy atom. The Labute approximate surface area is 165 Å². The molecule has 5 nitrogen and oxygen atoms in total. The van der Waals surface area contributed by atoms with Crippen LogP contribution in [0.2, 0.25) is 0 Å². The molecule has 0 bridgehead atoms. The first-order valence-corrected chi connectivity index (χ1v) is 9.91. The highest BCUT2D eigenvalue weighted by Crippen LogP contribution is 2.44. The monoisotopic (exact) mass is 379 g/mol. The second kappa shape index (κ2) is 8.15. The van der Waals surface area contributed by atoms with Gasteiger partial charge in [0.1, 0.15) is 12.9 Å². The van der Waals surface area contributed by atoms with Gasteiger partial charge < -0.3 is 14.3 Å². The zero-order valence-corrected chi connectivity index (χ0v) is 16.0. The van der Waals surface area contributed by atoms with E-state index in [1.165, 1.54) is 27.2 Å². The topological polar surface area (TPSA) is 55.8 Å². The summed E-state index contributed by atoms with van der Waals surface area (Å²) in [5.41, 5.74) is 4.74. The molecule has 4 rings (SSSR count). The van der Waals surface area contributed by atoms with Crippen molar-refractivity contribution in [2.24, 2.45) is 0 Å². The number of ether oxygens (including phenoxy) is 2. The van der Waals surface area contributed by atoms with Gasteiger partial charge in [0.25, 0.3) is 0 Å². The van der Waals surface area contributed by atoms with Gasteiger partial charge in [0, 0.05) is 18.9 Å². The Kier molecular flexibility index (Phi) is 5.44. The maximum Gasteiger partial charge on any atom is 0.410 e. The Morgan fingerprint density at radius 1 is 1.11 bits per heavy atom. The average Bonchev–Trinajstić information content (AvgIpc) is 3.30. The van der Waals surface area contributed by atoms with Gasteiger partial charge in [0.05, 0.1) is 18.7 Å². The van der Waals surface area contributed by atoms with Gasteiger partial charge in [-0.25, -0.2) is 4.79 Å². The molecule has 1 aliphatic heterocycles. The summed E-state index contributed by atoms with van der Waals surface area (Å²) in [6.07, 6.45) is 1.72. The van der Waals surface area contributed by atoms with E-state index in [9.17, 15) is 9.59 Å². The standard InChI is InChI=1S/C23H25NO4/c1-2-11-27-17-12-16(14-25)24(13-17)23(26)28-15-22-20-9-5-3-7-18(20)19-8-4-6-10-21(19)22/h3-10,14,16-17,22H,2,11-13,15H2,1H3/t16-,17+/m0/s1. The van der Waals surface area contributed by atoms with E-state index < -0.39 is 12.1 Å². The van der Waals surface area contributed by atoms with Crippen molar-refractivity contribution in [3.63, 3.8) is 0 Å². The van der Waals surface area contributed by atoms with E-state index >= 15 is 0 Å². The van der Waals surface area contributed by atoms with Gasteiger partial charge in [0.2, 0.25) is 0 Å². The van der Waals surface area contributed by atoms with E-state index in [0.29, 0.717) is 19.6 Å².